The molecule has 13 heteroatoms. The van der Waals surface area contributed by atoms with Crippen molar-refractivity contribution < 1.29 is 55.0 Å². The Kier molecular flexibility index (Phi) is 8.35. The Morgan fingerprint density at radius 1 is 1.00 bits per heavy atom. The zero-order valence-electron chi connectivity index (χ0n) is 14.3. The molecule has 0 aromatic heterocycles. The molecular formula is C15H15F6NO6. The Balaban J connectivity index is 2.90. The lowest BCUT2D eigenvalue weighted by atomic mass is 10.2. The van der Waals surface area contributed by atoms with Crippen molar-refractivity contribution in [3.63, 3.8) is 0 Å². The van der Waals surface area contributed by atoms with Crippen LogP contribution in [-0.2, 0) is 14.4 Å². The second kappa shape index (κ2) is 10.0. The maximum Gasteiger partial charge on any atom is 0.422 e. The van der Waals surface area contributed by atoms with Gasteiger partial charge in [0.15, 0.2) is 19.8 Å². The summed E-state index contributed by atoms with van der Waals surface area (Å²) < 4.78 is 87.0. The van der Waals surface area contributed by atoms with E-state index in [4.69, 9.17) is 0 Å². The van der Waals surface area contributed by atoms with E-state index in [0.29, 0.717) is 0 Å². The van der Waals surface area contributed by atoms with Crippen LogP contribution < -0.4 is 15.0 Å². The number of amides is 1. The molecule has 0 aliphatic rings. The van der Waals surface area contributed by atoms with E-state index in [1.54, 1.807) is 5.48 Å². The first-order chi connectivity index (χ1) is 12.9. The lowest BCUT2D eigenvalue weighted by molar-refractivity contribution is -0.154. The van der Waals surface area contributed by atoms with Gasteiger partial charge in [0.25, 0.3) is 5.91 Å². The predicted molar refractivity (Wildman–Crippen MR) is 79.6 cm³/mol. The highest BCUT2D eigenvalue weighted by molar-refractivity contribution is 5.96. The summed E-state index contributed by atoms with van der Waals surface area (Å²) in [6, 6.07) is 2.46. The zero-order valence-corrected chi connectivity index (χ0v) is 14.3. The first-order valence-electron chi connectivity index (χ1n) is 7.52. The standard InChI is InChI=1S/C15H15F6NO6/c1-2-25-12(23)6-28-22-13(24)10-5-9(26-7-14(16,17)18)3-4-11(10)27-8-15(19,20)21/h3-5H,2,6-8H2,1H3,(H,22,24). The number of esters is 1. The second-order valence-corrected chi connectivity index (χ2v) is 4.99. The Morgan fingerprint density at radius 3 is 2.18 bits per heavy atom. The molecule has 1 amide bonds. The first-order valence-corrected chi connectivity index (χ1v) is 7.52. The van der Waals surface area contributed by atoms with E-state index in [-0.39, 0.29) is 6.61 Å². The van der Waals surface area contributed by atoms with E-state index in [9.17, 15) is 35.9 Å². The molecule has 0 heterocycles. The van der Waals surface area contributed by atoms with E-state index in [1.807, 2.05) is 0 Å². The topological polar surface area (TPSA) is 83.1 Å². The fraction of sp³-hybridized carbons (Fsp3) is 0.467. The predicted octanol–water partition coefficient (Wildman–Crippen LogP) is 2.79. The molecule has 0 aliphatic carbocycles. The number of carbonyl (C=O) groups excluding carboxylic acids is 2. The van der Waals surface area contributed by atoms with Crippen molar-refractivity contribution in [2.24, 2.45) is 0 Å². The molecule has 0 atom stereocenters. The number of nitrogens with one attached hydrogen (secondary N) is 1. The molecule has 7 nitrogen and oxygen atoms in total. The van der Waals surface area contributed by atoms with Gasteiger partial charge in [-0.25, -0.2) is 10.3 Å². The number of carbonyl (C=O) groups is 2. The highest BCUT2D eigenvalue weighted by Crippen LogP contribution is 2.27. The number of halogens is 6. The lowest BCUT2D eigenvalue weighted by Crippen LogP contribution is -2.28. The van der Waals surface area contributed by atoms with Crippen LogP contribution in [0.5, 0.6) is 11.5 Å². The molecule has 0 spiro atoms. The van der Waals surface area contributed by atoms with Crippen LogP contribution in [0.15, 0.2) is 18.2 Å². The van der Waals surface area contributed by atoms with Crippen molar-refractivity contribution in [1.82, 2.24) is 5.48 Å². The number of hydrogen-bond donors (Lipinski definition) is 1. The molecular weight excluding hydrogens is 404 g/mol. The molecule has 0 saturated carbocycles. The fourth-order valence-electron chi connectivity index (χ4n) is 1.65. The molecule has 1 aromatic carbocycles. The monoisotopic (exact) mass is 419 g/mol. The van der Waals surface area contributed by atoms with Gasteiger partial charge in [-0.2, -0.15) is 26.3 Å². The SMILES string of the molecule is CCOC(=O)CONC(=O)c1cc(OCC(F)(F)F)ccc1OCC(F)(F)F. The summed E-state index contributed by atoms with van der Waals surface area (Å²) >= 11 is 0. The molecule has 0 bridgehead atoms. The second-order valence-electron chi connectivity index (χ2n) is 4.99. The molecule has 0 fully saturated rings. The summed E-state index contributed by atoms with van der Waals surface area (Å²) in [5, 5.41) is 0. The maximum atomic E-state index is 12.3. The summed E-state index contributed by atoms with van der Waals surface area (Å²) in [4.78, 5) is 27.7. The number of rotatable bonds is 9. The largest absolute Gasteiger partial charge is 0.484 e. The van der Waals surface area contributed by atoms with Gasteiger partial charge in [-0.15, -0.1) is 0 Å². The van der Waals surface area contributed by atoms with E-state index < -0.39 is 61.1 Å². The number of ether oxygens (including phenoxy) is 3. The summed E-state index contributed by atoms with van der Waals surface area (Å²) in [7, 11) is 0. The fourth-order valence-corrected chi connectivity index (χ4v) is 1.65. The lowest BCUT2D eigenvalue weighted by Gasteiger charge is -2.15. The minimum Gasteiger partial charge on any atom is -0.484 e. The highest BCUT2D eigenvalue weighted by atomic mass is 19.4. The molecule has 0 radical (unpaired) electrons. The molecule has 0 unspecified atom stereocenters. The minimum atomic E-state index is -4.72. The van der Waals surface area contributed by atoms with Gasteiger partial charge in [-0.1, -0.05) is 0 Å². The average molecular weight is 419 g/mol. The average Bonchev–Trinajstić information content (AvgIpc) is 2.57. The normalized spacial score (nSPS) is 11.7. The van der Waals surface area contributed by atoms with Gasteiger partial charge < -0.3 is 14.2 Å². The third kappa shape index (κ3) is 9.30. The Bertz CT molecular complexity index is 676. The van der Waals surface area contributed by atoms with Crippen molar-refractivity contribution in [3.05, 3.63) is 23.8 Å². The van der Waals surface area contributed by atoms with Gasteiger partial charge in [-0.05, 0) is 25.1 Å². The van der Waals surface area contributed by atoms with E-state index in [1.165, 1.54) is 6.92 Å². The first kappa shape index (κ1) is 23.3. The van der Waals surface area contributed by atoms with E-state index >= 15 is 0 Å². The van der Waals surface area contributed by atoms with Crippen LogP contribution in [-0.4, -0.2) is 50.7 Å². The summed E-state index contributed by atoms with van der Waals surface area (Å²) in [5.74, 6) is -3.06. The zero-order chi connectivity index (χ0) is 21.4. The number of benzene rings is 1. The van der Waals surface area contributed by atoms with Gasteiger partial charge in [0.1, 0.15) is 11.5 Å². The molecule has 1 N–H and O–H groups in total. The van der Waals surface area contributed by atoms with Crippen LogP contribution in [0, 0.1) is 0 Å². The van der Waals surface area contributed by atoms with Crippen LogP contribution >= 0.6 is 0 Å². The van der Waals surface area contributed by atoms with Crippen molar-refractivity contribution >= 4 is 11.9 Å². The smallest absolute Gasteiger partial charge is 0.422 e. The van der Waals surface area contributed by atoms with E-state index in [2.05, 4.69) is 19.0 Å². The summed E-state index contributed by atoms with van der Waals surface area (Å²) in [6.07, 6.45) is -9.39. The van der Waals surface area contributed by atoms with Crippen LogP contribution in [0.2, 0.25) is 0 Å². The van der Waals surface area contributed by atoms with Crippen molar-refractivity contribution in [2.75, 3.05) is 26.4 Å². The van der Waals surface area contributed by atoms with Crippen LogP contribution in [0.1, 0.15) is 17.3 Å². The number of alkyl halides is 6. The highest BCUT2D eigenvalue weighted by Gasteiger charge is 2.30. The minimum absolute atomic E-state index is 0.0458. The Hall–Kier alpha value is -2.70. The van der Waals surface area contributed by atoms with Crippen molar-refractivity contribution in [2.45, 2.75) is 19.3 Å². The third-order valence-corrected chi connectivity index (χ3v) is 2.65. The van der Waals surface area contributed by atoms with Crippen molar-refractivity contribution in [1.29, 1.82) is 0 Å². The Labute approximate surface area is 154 Å². The number of hydrogen-bond acceptors (Lipinski definition) is 6. The summed E-state index contributed by atoms with van der Waals surface area (Å²) in [5.41, 5.74) is 1.14. The van der Waals surface area contributed by atoms with Gasteiger partial charge in [0.05, 0.1) is 12.2 Å². The molecule has 28 heavy (non-hydrogen) atoms. The summed E-state index contributed by atoms with van der Waals surface area (Å²) in [6.45, 7) is -2.57. The molecule has 0 saturated heterocycles. The number of hydroxylamine groups is 1. The molecule has 0 aliphatic heterocycles. The molecule has 1 aromatic rings. The quantitative estimate of drug-likeness (QED) is 0.377. The van der Waals surface area contributed by atoms with Gasteiger partial charge >= 0.3 is 18.3 Å². The molecule has 1 rings (SSSR count). The van der Waals surface area contributed by atoms with Crippen LogP contribution in [0.4, 0.5) is 26.3 Å². The maximum absolute atomic E-state index is 12.3. The van der Waals surface area contributed by atoms with E-state index in [0.717, 1.165) is 18.2 Å². The Morgan fingerprint density at radius 2 is 1.61 bits per heavy atom. The van der Waals surface area contributed by atoms with Gasteiger partial charge in [-0.3, -0.25) is 9.63 Å². The third-order valence-electron chi connectivity index (χ3n) is 2.65. The van der Waals surface area contributed by atoms with Gasteiger partial charge in [0.2, 0.25) is 0 Å². The molecule has 158 valence electrons. The van der Waals surface area contributed by atoms with Gasteiger partial charge in [0, 0.05) is 0 Å². The van der Waals surface area contributed by atoms with Crippen LogP contribution in [0.3, 0.4) is 0 Å². The van der Waals surface area contributed by atoms with Crippen molar-refractivity contribution in [3.8, 4) is 11.5 Å². The van der Waals surface area contributed by atoms with Crippen LogP contribution in [0.25, 0.3) is 0 Å².